The number of hydrogen-bond donors (Lipinski definition) is 2. The molecule has 0 aromatic heterocycles. The van der Waals surface area contributed by atoms with Crippen molar-refractivity contribution in [2.75, 3.05) is 26.3 Å². The van der Waals surface area contributed by atoms with Gasteiger partial charge >= 0.3 is 0 Å². The molecule has 0 aliphatic carbocycles. The van der Waals surface area contributed by atoms with Crippen molar-refractivity contribution in [2.24, 2.45) is 0 Å². The van der Waals surface area contributed by atoms with Gasteiger partial charge in [-0.1, -0.05) is 15.9 Å². The molecule has 3 rings (SSSR count). The monoisotopic (exact) mass is 327 g/mol. The summed E-state index contributed by atoms with van der Waals surface area (Å²) < 4.78 is 12.2. The fourth-order valence-electron chi connectivity index (χ4n) is 2.60. The molecule has 0 amide bonds. The molecule has 19 heavy (non-hydrogen) atoms. The van der Waals surface area contributed by atoms with Gasteiger partial charge in [0.2, 0.25) is 0 Å². The second-order valence-electron chi connectivity index (χ2n) is 5.35. The molecule has 4 nitrogen and oxygen atoms in total. The van der Waals surface area contributed by atoms with Gasteiger partial charge in [0, 0.05) is 37.0 Å². The smallest absolute Gasteiger partial charge is 0.123 e. The molecule has 1 fully saturated rings. The van der Waals surface area contributed by atoms with Gasteiger partial charge < -0.3 is 19.9 Å². The molecule has 104 valence electrons. The highest BCUT2D eigenvalue weighted by Gasteiger charge is 2.32. The lowest BCUT2D eigenvalue weighted by atomic mass is 10.0. The molecule has 2 heterocycles. The van der Waals surface area contributed by atoms with Crippen LogP contribution < -0.4 is 10.1 Å². The molecular weight excluding hydrogens is 310 g/mol. The fourth-order valence-corrected chi connectivity index (χ4v) is 3.01. The first kappa shape index (κ1) is 13.4. The van der Waals surface area contributed by atoms with E-state index in [0.717, 1.165) is 23.2 Å². The SMILES string of the molecule is OC1(CNCC2Cc3cc(Br)ccc3O2)CCOC1. The number of nitrogens with one attached hydrogen (secondary N) is 1. The van der Waals surface area contributed by atoms with Crippen molar-refractivity contribution in [1.82, 2.24) is 5.32 Å². The van der Waals surface area contributed by atoms with Gasteiger partial charge in [-0.25, -0.2) is 0 Å². The molecule has 2 aliphatic heterocycles. The largest absolute Gasteiger partial charge is 0.488 e. The van der Waals surface area contributed by atoms with Crippen LogP contribution in [0.2, 0.25) is 0 Å². The maximum atomic E-state index is 10.1. The summed E-state index contributed by atoms with van der Waals surface area (Å²) in [5, 5.41) is 13.4. The minimum atomic E-state index is -0.700. The standard InChI is InChI=1S/C14H18BrNO3/c15-11-1-2-13-10(5-11)6-12(19-13)7-16-8-14(17)3-4-18-9-14/h1-2,5,12,16-17H,3-4,6-9H2. The summed E-state index contributed by atoms with van der Waals surface area (Å²) in [6.45, 7) is 2.39. The van der Waals surface area contributed by atoms with E-state index in [1.54, 1.807) is 0 Å². The van der Waals surface area contributed by atoms with Crippen LogP contribution in [0.4, 0.5) is 0 Å². The van der Waals surface area contributed by atoms with Crippen LogP contribution in [-0.4, -0.2) is 43.1 Å². The van der Waals surface area contributed by atoms with Crippen LogP contribution in [0.3, 0.4) is 0 Å². The lowest BCUT2D eigenvalue weighted by molar-refractivity contribution is 0.0255. The summed E-state index contributed by atoms with van der Waals surface area (Å²) in [5.74, 6) is 0.970. The van der Waals surface area contributed by atoms with Crippen LogP contribution in [0.1, 0.15) is 12.0 Å². The average Bonchev–Trinajstić information content (AvgIpc) is 2.95. The Balaban J connectivity index is 1.48. The van der Waals surface area contributed by atoms with E-state index in [4.69, 9.17) is 9.47 Å². The molecule has 1 aromatic carbocycles. The summed E-state index contributed by atoms with van der Waals surface area (Å²) in [7, 11) is 0. The van der Waals surface area contributed by atoms with Crippen molar-refractivity contribution in [3.63, 3.8) is 0 Å². The van der Waals surface area contributed by atoms with Crippen LogP contribution in [-0.2, 0) is 11.2 Å². The van der Waals surface area contributed by atoms with Gasteiger partial charge in [0.15, 0.2) is 0 Å². The average molecular weight is 328 g/mol. The van der Waals surface area contributed by atoms with Gasteiger partial charge in [-0.3, -0.25) is 0 Å². The molecule has 0 bridgehead atoms. The van der Waals surface area contributed by atoms with Crippen molar-refractivity contribution >= 4 is 15.9 Å². The highest BCUT2D eigenvalue weighted by atomic mass is 79.9. The molecule has 0 spiro atoms. The minimum absolute atomic E-state index is 0.148. The normalized spacial score (nSPS) is 29.3. The maximum absolute atomic E-state index is 10.1. The maximum Gasteiger partial charge on any atom is 0.123 e. The van der Waals surface area contributed by atoms with Crippen LogP contribution in [0, 0.1) is 0 Å². The molecule has 0 radical (unpaired) electrons. The van der Waals surface area contributed by atoms with Crippen molar-refractivity contribution in [2.45, 2.75) is 24.5 Å². The Labute approximate surface area is 121 Å². The van der Waals surface area contributed by atoms with E-state index < -0.39 is 5.60 Å². The van der Waals surface area contributed by atoms with E-state index in [-0.39, 0.29) is 6.10 Å². The number of halogens is 1. The lowest BCUT2D eigenvalue weighted by Crippen LogP contribution is -2.44. The Kier molecular flexibility index (Phi) is 3.80. The summed E-state index contributed by atoms with van der Waals surface area (Å²) in [6.07, 6.45) is 1.77. The predicted octanol–water partition coefficient (Wildman–Crippen LogP) is 1.49. The third kappa shape index (κ3) is 3.11. The highest BCUT2D eigenvalue weighted by molar-refractivity contribution is 9.10. The van der Waals surface area contributed by atoms with Gasteiger partial charge in [-0.2, -0.15) is 0 Å². The first-order chi connectivity index (χ1) is 9.15. The zero-order chi connectivity index (χ0) is 13.3. The zero-order valence-corrected chi connectivity index (χ0v) is 12.3. The molecule has 0 saturated carbocycles. The molecular formula is C14H18BrNO3. The number of hydrogen-bond acceptors (Lipinski definition) is 4. The Hall–Kier alpha value is -0.620. The Morgan fingerprint density at radius 2 is 2.37 bits per heavy atom. The highest BCUT2D eigenvalue weighted by Crippen LogP contribution is 2.31. The van der Waals surface area contributed by atoms with Gasteiger partial charge in [0.05, 0.1) is 6.61 Å². The third-order valence-corrected chi connectivity index (χ3v) is 4.17. The van der Waals surface area contributed by atoms with Gasteiger partial charge in [0.25, 0.3) is 0 Å². The summed E-state index contributed by atoms with van der Waals surface area (Å²) >= 11 is 3.47. The molecule has 1 aromatic rings. The first-order valence-corrected chi connectivity index (χ1v) is 7.40. The van der Waals surface area contributed by atoms with Crippen molar-refractivity contribution < 1.29 is 14.6 Å². The van der Waals surface area contributed by atoms with Crippen LogP contribution in [0.25, 0.3) is 0 Å². The van der Waals surface area contributed by atoms with Crippen molar-refractivity contribution in [3.05, 3.63) is 28.2 Å². The van der Waals surface area contributed by atoms with Crippen molar-refractivity contribution in [1.29, 1.82) is 0 Å². The molecule has 2 aliphatic rings. The van der Waals surface area contributed by atoms with Gasteiger partial charge in [-0.15, -0.1) is 0 Å². The molecule has 2 N–H and O–H groups in total. The zero-order valence-electron chi connectivity index (χ0n) is 10.7. The molecule has 1 saturated heterocycles. The molecule has 2 atom stereocenters. The van der Waals surface area contributed by atoms with Gasteiger partial charge in [-0.05, 0) is 23.8 Å². The van der Waals surface area contributed by atoms with Gasteiger partial charge in [0.1, 0.15) is 17.5 Å². The number of aliphatic hydroxyl groups is 1. The Morgan fingerprint density at radius 3 is 3.16 bits per heavy atom. The second kappa shape index (κ2) is 5.40. The lowest BCUT2D eigenvalue weighted by Gasteiger charge is -2.22. The minimum Gasteiger partial charge on any atom is -0.488 e. The third-order valence-electron chi connectivity index (χ3n) is 3.67. The summed E-state index contributed by atoms with van der Waals surface area (Å²) in [6, 6.07) is 6.10. The van der Waals surface area contributed by atoms with Crippen molar-refractivity contribution in [3.8, 4) is 5.75 Å². The molecule has 5 heteroatoms. The Bertz CT molecular complexity index is 460. The fraction of sp³-hybridized carbons (Fsp3) is 0.571. The van der Waals surface area contributed by atoms with Crippen LogP contribution in [0.5, 0.6) is 5.75 Å². The first-order valence-electron chi connectivity index (χ1n) is 6.61. The quantitative estimate of drug-likeness (QED) is 0.879. The van der Waals surface area contributed by atoms with E-state index in [2.05, 4.69) is 27.3 Å². The van der Waals surface area contributed by atoms with E-state index in [0.29, 0.717) is 26.2 Å². The Morgan fingerprint density at radius 1 is 1.47 bits per heavy atom. The summed E-state index contributed by atoms with van der Waals surface area (Å²) in [4.78, 5) is 0. The topological polar surface area (TPSA) is 50.7 Å². The van der Waals surface area contributed by atoms with E-state index in [1.807, 2.05) is 12.1 Å². The number of fused-ring (bicyclic) bond motifs is 1. The van der Waals surface area contributed by atoms with E-state index in [1.165, 1.54) is 5.56 Å². The van der Waals surface area contributed by atoms with Crippen LogP contribution in [0.15, 0.2) is 22.7 Å². The second-order valence-corrected chi connectivity index (χ2v) is 6.27. The van der Waals surface area contributed by atoms with E-state index in [9.17, 15) is 5.11 Å². The predicted molar refractivity (Wildman–Crippen MR) is 75.5 cm³/mol. The van der Waals surface area contributed by atoms with E-state index >= 15 is 0 Å². The number of ether oxygens (including phenoxy) is 2. The summed E-state index contributed by atoms with van der Waals surface area (Å²) in [5.41, 5.74) is 0.540. The number of rotatable bonds is 4. The number of benzene rings is 1. The molecule has 2 unspecified atom stereocenters. The van der Waals surface area contributed by atoms with Crippen LogP contribution >= 0.6 is 15.9 Å².